The molecule has 1 saturated carbocycles. The first kappa shape index (κ1) is 33.8. The fourth-order valence-electron chi connectivity index (χ4n) is 4.71. The standard InChI is InChI=1S/C26H30F2N6O7S2/c1-12(35)33-18(25(38)39)10-42-23(16-6-31-20(27)8-29-16)14-4-3-5-15(22(14)37)24(17-7-32-21(28)9-30-17)43-11-19(26(40)41)34-13(2)36/h6-9,14-15,18-19,23-24H,3-5,10-11H2,1-2H3,(H,33,35)(H,34,36)(H,38,39)(H,40,41)/t14?,15?,18-,19-,23?,24?/m0/s1. The van der Waals surface area contributed by atoms with Crippen molar-refractivity contribution in [3.8, 4) is 0 Å². The third-order valence-electron chi connectivity index (χ3n) is 6.59. The molecule has 4 N–H and O–H groups in total. The topological polar surface area (TPSA) is 201 Å². The Morgan fingerprint density at radius 1 is 0.791 bits per heavy atom. The Morgan fingerprint density at radius 3 is 1.49 bits per heavy atom. The smallest absolute Gasteiger partial charge is 0.327 e. The Hall–Kier alpha value is -3.73. The highest BCUT2D eigenvalue weighted by Gasteiger charge is 2.43. The van der Waals surface area contributed by atoms with Crippen LogP contribution in [-0.2, 0) is 24.0 Å². The number of carboxylic acid groups (broad SMARTS) is 2. The zero-order chi connectivity index (χ0) is 31.7. The number of nitrogens with one attached hydrogen (secondary N) is 2. The van der Waals surface area contributed by atoms with E-state index in [-0.39, 0.29) is 28.7 Å². The first-order chi connectivity index (χ1) is 20.4. The van der Waals surface area contributed by atoms with Crippen LogP contribution in [0.1, 0.15) is 55.0 Å². The van der Waals surface area contributed by atoms with Crippen molar-refractivity contribution in [3.05, 3.63) is 48.1 Å². The summed E-state index contributed by atoms with van der Waals surface area (Å²) in [6.07, 6.45) is 5.38. The average Bonchev–Trinajstić information content (AvgIpc) is 2.94. The second-order valence-corrected chi connectivity index (χ2v) is 12.1. The second-order valence-electron chi connectivity index (χ2n) is 9.76. The number of carboxylic acids is 2. The summed E-state index contributed by atoms with van der Waals surface area (Å²) in [5, 5.41) is 22.3. The molecule has 0 spiro atoms. The fourth-order valence-corrected chi connectivity index (χ4v) is 7.55. The number of amides is 2. The average molecular weight is 641 g/mol. The van der Waals surface area contributed by atoms with Crippen molar-refractivity contribution in [1.29, 1.82) is 0 Å². The SMILES string of the molecule is CC(=O)N[C@@H](CSC(c1cnc(F)cn1)C1CCCC(C(SC[C@H](NC(C)=O)C(=O)O)c2cnc(F)cn2)C1=O)C(=O)O. The van der Waals surface area contributed by atoms with Crippen molar-refractivity contribution in [2.75, 3.05) is 11.5 Å². The molecule has 3 rings (SSSR count). The highest BCUT2D eigenvalue weighted by Crippen LogP contribution is 2.48. The van der Waals surface area contributed by atoms with E-state index in [9.17, 15) is 43.0 Å². The number of halogens is 2. The molecule has 2 aromatic rings. The lowest BCUT2D eigenvalue weighted by Crippen LogP contribution is -2.42. The van der Waals surface area contributed by atoms with E-state index in [0.717, 1.165) is 35.9 Å². The number of carbonyl (C=O) groups is 5. The number of carbonyl (C=O) groups excluding carboxylic acids is 3. The number of rotatable bonds is 14. The molecule has 17 heteroatoms. The molecule has 43 heavy (non-hydrogen) atoms. The molecule has 1 aliphatic rings. The Bertz CT molecular complexity index is 1220. The van der Waals surface area contributed by atoms with Crippen LogP contribution in [0, 0.1) is 23.7 Å². The lowest BCUT2D eigenvalue weighted by Gasteiger charge is -2.36. The van der Waals surface area contributed by atoms with Crippen molar-refractivity contribution in [2.45, 2.75) is 55.7 Å². The van der Waals surface area contributed by atoms with E-state index in [0.29, 0.717) is 19.3 Å². The summed E-state index contributed by atoms with van der Waals surface area (Å²) in [6.45, 7) is 2.35. The summed E-state index contributed by atoms with van der Waals surface area (Å²) < 4.78 is 27.2. The molecule has 232 valence electrons. The third-order valence-corrected chi connectivity index (χ3v) is 9.50. The molecular weight excluding hydrogens is 610 g/mol. The molecule has 4 unspecified atom stereocenters. The van der Waals surface area contributed by atoms with Gasteiger partial charge in [-0.05, 0) is 12.8 Å². The maximum absolute atomic E-state index is 14.2. The van der Waals surface area contributed by atoms with E-state index >= 15 is 0 Å². The number of aromatic nitrogens is 4. The maximum atomic E-state index is 14.2. The number of ketones is 1. The minimum Gasteiger partial charge on any atom is -0.480 e. The van der Waals surface area contributed by atoms with Crippen molar-refractivity contribution in [3.63, 3.8) is 0 Å². The summed E-state index contributed by atoms with van der Waals surface area (Å²) >= 11 is 2.12. The first-order valence-electron chi connectivity index (χ1n) is 13.1. The fraction of sp³-hybridized carbons (Fsp3) is 0.500. The van der Waals surface area contributed by atoms with Gasteiger partial charge in [0.1, 0.15) is 17.9 Å². The van der Waals surface area contributed by atoms with E-state index in [1.165, 1.54) is 26.2 Å². The summed E-state index contributed by atoms with van der Waals surface area (Å²) in [4.78, 5) is 76.2. The molecule has 6 atom stereocenters. The minimum atomic E-state index is -1.28. The Labute approximate surface area is 253 Å². The predicted octanol–water partition coefficient (Wildman–Crippen LogP) is 1.96. The number of hydrogen-bond donors (Lipinski definition) is 4. The van der Waals surface area contributed by atoms with Crippen molar-refractivity contribution in [2.24, 2.45) is 11.8 Å². The van der Waals surface area contributed by atoms with Crippen LogP contribution in [0.5, 0.6) is 0 Å². The van der Waals surface area contributed by atoms with E-state index in [4.69, 9.17) is 0 Å². The zero-order valence-electron chi connectivity index (χ0n) is 23.1. The molecule has 0 radical (unpaired) electrons. The van der Waals surface area contributed by atoms with Gasteiger partial charge in [-0.3, -0.25) is 24.4 Å². The predicted molar refractivity (Wildman–Crippen MR) is 151 cm³/mol. The molecular formula is C26H30F2N6O7S2. The maximum Gasteiger partial charge on any atom is 0.327 e. The number of nitrogens with zero attached hydrogens (tertiary/aromatic N) is 4. The van der Waals surface area contributed by atoms with Gasteiger partial charge in [-0.2, -0.15) is 8.78 Å². The van der Waals surface area contributed by atoms with Gasteiger partial charge in [0.15, 0.2) is 0 Å². The largest absolute Gasteiger partial charge is 0.480 e. The van der Waals surface area contributed by atoms with Gasteiger partial charge in [-0.15, -0.1) is 23.5 Å². The summed E-state index contributed by atoms with van der Waals surface area (Å²) in [6, 6.07) is -2.54. The van der Waals surface area contributed by atoms with E-state index < -0.39 is 70.1 Å². The molecule has 2 heterocycles. The molecule has 0 aliphatic heterocycles. The van der Waals surface area contributed by atoms with Gasteiger partial charge in [0.05, 0.1) is 46.7 Å². The zero-order valence-corrected chi connectivity index (χ0v) is 24.7. The molecule has 2 amide bonds. The Morgan fingerprint density at radius 2 is 1.19 bits per heavy atom. The van der Waals surface area contributed by atoms with Gasteiger partial charge < -0.3 is 20.8 Å². The number of thioether (sulfide) groups is 2. The number of hydrogen-bond acceptors (Lipinski definition) is 11. The lowest BCUT2D eigenvalue weighted by molar-refractivity contribution is -0.141. The molecule has 2 aromatic heterocycles. The van der Waals surface area contributed by atoms with Gasteiger partial charge in [0.2, 0.25) is 23.7 Å². The van der Waals surface area contributed by atoms with Crippen LogP contribution in [0.25, 0.3) is 0 Å². The number of aliphatic carboxylic acids is 2. The highest BCUT2D eigenvalue weighted by molar-refractivity contribution is 7.99. The molecule has 0 bridgehead atoms. The van der Waals surface area contributed by atoms with Crippen LogP contribution in [-0.4, -0.2) is 83.3 Å². The normalized spacial score (nSPS) is 19.5. The lowest BCUT2D eigenvalue weighted by atomic mass is 9.76. The highest BCUT2D eigenvalue weighted by atomic mass is 32.2. The summed E-state index contributed by atoms with van der Waals surface area (Å²) in [7, 11) is 0. The molecule has 0 saturated heterocycles. The van der Waals surface area contributed by atoms with Crippen LogP contribution in [0.4, 0.5) is 8.78 Å². The van der Waals surface area contributed by atoms with Crippen LogP contribution >= 0.6 is 23.5 Å². The van der Waals surface area contributed by atoms with E-state index in [2.05, 4.69) is 30.6 Å². The van der Waals surface area contributed by atoms with Gasteiger partial charge in [-0.25, -0.2) is 19.6 Å². The first-order valence-corrected chi connectivity index (χ1v) is 15.2. The number of Topliss-reactive ketones (excluding diaryl/α,β-unsaturated/α-hetero) is 1. The molecule has 1 fully saturated rings. The summed E-state index contributed by atoms with van der Waals surface area (Å²) in [5.41, 5.74) is 0.472. The summed E-state index contributed by atoms with van der Waals surface area (Å²) in [5.74, 6) is -7.40. The Kier molecular flexibility index (Phi) is 12.3. The van der Waals surface area contributed by atoms with Gasteiger partial charge in [0, 0.05) is 37.2 Å². The van der Waals surface area contributed by atoms with Crippen LogP contribution in [0.2, 0.25) is 0 Å². The van der Waals surface area contributed by atoms with E-state index in [1.54, 1.807) is 0 Å². The van der Waals surface area contributed by atoms with Crippen LogP contribution in [0.3, 0.4) is 0 Å². The quantitative estimate of drug-likeness (QED) is 0.234. The van der Waals surface area contributed by atoms with Crippen molar-refractivity contribution < 1.29 is 43.0 Å². The molecule has 13 nitrogen and oxygen atoms in total. The monoisotopic (exact) mass is 640 g/mol. The van der Waals surface area contributed by atoms with Gasteiger partial charge in [-0.1, -0.05) is 6.42 Å². The molecule has 0 aromatic carbocycles. The van der Waals surface area contributed by atoms with Crippen LogP contribution < -0.4 is 10.6 Å². The van der Waals surface area contributed by atoms with E-state index in [1.807, 2.05) is 0 Å². The Balaban J connectivity index is 1.94. The minimum absolute atomic E-state index is 0.133. The third kappa shape index (κ3) is 9.64. The van der Waals surface area contributed by atoms with Gasteiger partial charge >= 0.3 is 11.9 Å². The van der Waals surface area contributed by atoms with Crippen molar-refractivity contribution in [1.82, 2.24) is 30.6 Å². The van der Waals surface area contributed by atoms with Gasteiger partial charge in [0.25, 0.3) is 0 Å². The second kappa shape index (κ2) is 15.7. The van der Waals surface area contributed by atoms with Crippen molar-refractivity contribution >= 4 is 53.1 Å². The van der Waals surface area contributed by atoms with Crippen LogP contribution in [0.15, 0.2) is 24.8 Å². The molecule has 1 aliphatic carbocycles.